The third kappa shape index (κ3) is 3.76. The van der Waals surface area contributed by atoms with Gasteiger partial charge in [-0.15, -0.1) is 0 Å². The summed E-state index contributed by atoms with van der Waals surface area (Å²) in [6, 6.07) is 16.9. The Balaban J connectivity index is 1.78. The second kappa shape index (κ2) is 8.59. The molecule has 0 fully saturated rings. The van der Waals surface area contributed by atoms with Crippen LogP contribution < -0.4 is 9.47 Å². The molecule has 2 heterocycles. The summed E-state index contributed by atoms with van der Waals surface area (Å²) >= 11 is 0. The van der Waals surface area contributed by atoms with Gasteiger partial charge in [-0.2, -0.15) is 0 Å². The van der Waals surface area contributed by atoms with Crippen LogP contribution >= 0.6 is 0 Å². The molecule has 1 aromatic heterocycles. The van der Waals surface area contributed by atoms with Gasteiger partial charge in [0.1, 0.15) is 0 Å². The third-order valence-corrected chi connectivity index (χ3v) is 5.61. The van der Waals surface area contributed by atoms with Crippen LogP contribution in [-0.2, 0) is 13.1 Å². The fourth-order valence-electron chi connectivity index (χ4n) is 4.30. The number of ether oxygens (including phenoxy) is 2. The first-order chi connectivity index (χ1) is 14.6. The zero-order valence-electron chi connectivity index (χ0n) is 17.2. The van der Waals surface area contributed by atoms with Crippen LogP contribution in [0.3, 0.4) is 0 Å². The van der Waals surface area contributed by atoms with Crippen molar-refractivity contribution in [3.8, 4) is 11.5 Å². The van der Waals surface area contributed by atoms with Gasteiger partial charge in [-0.05, 0) is 30.2 Å². The van der Waals surface area contributed by atoms with Crippen molar-refractivity contribution in [2.24, 2.45) is 0 Å². The van der Waals surface area contributed by atoms with E-state index >= 15 is 0 Å². The Hall–Kier alpha value is -3.32. The lowest BCUT2D eigenvalue weighted by molar-refractivity contribution is -0.384. The van der Waals surface area contributed by atoms with E-state index in [0.717, 1.165) is 42.1 Å². The Labute approximate surface area is 175 Å². The number of hydrogen-bond donors (Lipinski definition) is 0. The van der Waals surface area contributed by atoms with Crippen LogP contribution in [0, 0.1) is 10.1 Å². The number of aryl methyl sites for hydroxylation is 1. The summed E-state index contributed by atoms with van der Waals surface area (Å²) in [6.07, 6.45) is 3.06. The average Bonchev–Trinajstić information content (AvgIpc) is 3.14. The molecule has 7 nitrogen and oxygen atoms in total. The molecule has 0 saturated carbocycles. The van der Waals surface area contributed by atoms with Gasteiger partial charge in [-0.25, -0.2) is 0 Å². The monoisotopic (exact) mass is 407 g/mol. The maximum Gasteiger partial charge on any atom is 0.269 e. The van der Waals surface area contributed by atoms with Crippen molar-refractivity contribution in [3.05, 3.63) is 87.7 Å². The summed E-state index contributed by atoms with van der Waals surface area (Å²) in [4.78, 5) is 13.4. The molecule has 3 aromatic rings. The highest BCUT2D eigenvalue weighted by atomic mass is 16.6. The number of nitro benzene ring substituents is 1. The first kappa shape index (κ1) is 20.0. The Kier molecular flexibility index (Phi) is 5.72. The van der Waals surface area contributed by atoms with Gasteiger partial charge in [0, 0.05) is 49.2 Å². The Bertz CT molecular complexity index is 1050. The van der Waals surface area contributed by atoms with Crippen molar-refractivity contribution in [2.75, 3.05) is 20.8 Å². The number of fused-ring (bicyclic) bond motifs is 1. The van der Waals surface area contributed by atoms with Gasteiger partial charge < -0.3 is 14.0 Å². The van der Waals surface area contributed by atoms with E-state index in [0.29, 0.717) is 12.3 Å². The minimum absolute atomic E-state index is 0.0988. The minimum atomic E-state index is -0.339. The first-order valence-corrected chi connectivity index (χ1v) is 9.95. The molecule has 156 valence electrons. The van der Waals surface area contributed by atoms with Gasteiger partial charge in [-0.1, -0.05) is 24.3 Å². The highest BCUT2D eigenvalue weighted by Crippen LogP contribution is 2.37. The lowest BCUT2D eigenvalue weighted by Gasteiger charge is -2.31. The standard InChI is InChI=1S/C23H25N3O4/c1-29-21-11-4-8-18(23(21)30-2)16-25-14-6-13-24-12-5-10-20(24)22(25)17-7-3-9-19(15-17)26(27)28/h3-5,7-12,15,22H,6,13-14,16H2,1-2H3. The molecule has 0 saturated heterocycles. The molecule has 1 unspecified atom stereocenters. The molecule has 30 heavy (non-hydrogen) atoms. The molecule has 1 aliphatic rings. The van der Waals surface area contributed by atoms with E-state index in [4.69, 9.17) is 9.47 Å². The third-order valence-electron chi connectivity index (χ3n) is 5.61. The average molecular weight is 407 g/mol. The van der Waals surface area contributed by atoms with E-state index in [1.165, 1.54) is 6.07 Å². The molecule has 0 radical (unpaired) electrons. The fourth-order valence-corrected chi connectivity index (χ4v) is 4.30. The van der Waals surface area contributed by atoms with Crippen LogP contribution in [0.25, 0.3) is 0 Å². The predicted octanol–water partition coefficient (Wildman–Crippen LogP) is 4.41. The van der Waals surface area contributed by atoms with E-state index in [1.54, 1.807) is 26.4 Å². The highest BCUT2D eigenvalue weighted by molar-refractivity contribution is 5.47. The van der Waals surface area contributed by atoms with Gasteiger partial charge in [0.05, 0.1) is 25.2 Å². The number of rotatable bonds is 6. The molecular formula is C23H25N3O4. The summed E-state index contributed by atoms with van der Waals surface area (Å²) in [5.74, 6) is 1.41. The summed E-state index contributed by atoms with van der Waals surface area (Å²) < 4.78 is 13.3. The lowest BCUT2D eigenvalue weighted by Crippen LogP contribution is -2.29. The number of non-ortho nitro benzene ring substituents is 1. The van der Waals surface area contributed by atoms with Crippen LogP contribution in [0.5, 0.6) is 11.5 Å². The van der Waals surface area contributed by atoms with Gasteiger partial charge in [-0.3, -0.25) is 15.0 Å². The number of benzene rings is 2. The normalized spacial score (nSPS) is 16.5. The van der Waals surface area contributed by atoms with Gasteiger partial charge >= 0.3 is 0 Å². The van der Waals surface area contributed by atoms with E-state index in [1.807, 2.05) is 30.3 Å². The van der Waals surface area contributed by atoms with Crippen LogP contribution in [0.2, 0.25) is 0 Å². The Morgan fingerprint density at radius 2 is 1.90 bits per heavy atom. The molecule has 0 N–H and O–H groups in total. The lowest BCUT2D eigenvalue weighted by atomic mass is 10.00. The topological polar surface area (TPSA) is 69.8 Å². The van der Waals surface area contributed by atoms with Gasteiger partial charge in [0.2, 0.25) is 0 Å². The van der Waals surface area contributed by atoms with Crippen LogP contribution in [0.15, 0.2) is 60.8 Å². The van der Waals surface area contributed by atoms with Crippen molar-refractivity contribution in [2.45, 2.75) is 25.6 Å². The quantitative estimate of drug-likeness (QED) is 0.447. The summed E-state index contributed by atoms with van der Waals surface area (Å²) in [6.45, 7) is 2.41. The van der Waals surface area contributed by atoms with Crippen molar-refractivity contribution in [3.63, 3.8) is 0 Å². The molecule has 7 heteroatoms. The molecule has 2 aromatic carbocycles. The Morgan fingerprint density at radius 3 is 2.67 bits per heavy atom. The van der Waals surface area contributed by atoms with Crippen LogP contribution in [0.1, 0.15) is 29.3 Å². The number of nitro groups is 1. The van der Waals surface area contributed by atoms with E-state index in [2.05, 4.69) is 21.7 Å². The van der Waals surface area contributed by atoms with Crippen molar-refractivity contribution in [1.82, 2.24) is 9.47 Å². The first-order valence-electron chi connectivity index (χ1n) is 9.95. The molecule has 0 amide bonds. The van der Waals surface area contributed by atoms with Gasteiger partial charge in [0.25, 0.3) is 5.69 Å². The molecule has 1 atom stereocenters. The number of methoxy groups -OCH3 is 2. The van der Waals surface area contributed by atoms with Crippen LogP contribution in [0.4, 0.5) is 5.69 Å². The Morgan fingerprint density at radius 1 is 1.07 bits per heavy atom. The van der Waals surface area contributed by atoms with E-state index in [-0.39, 0.29) is 16.7 Å². The smallest absolute Gasteiger partial charge is 0.269 e. The van der Waals surface area contributed by atoms with Crippen LogP contribution in [-0.4, -0.2) is 35.2 Å². The minimum Gasteiger partial charge on any atom is -0.493 e. The number of aromatic nitrogens is 1. The summed E-state index contributed by atoms with van der Waals surface area (Å²) in [7, 11) is 3.28. The van der Waals surface area contributed by atoms with Gasteiger partial charge in [0.15, 0.2) is 11.5 Å². The SMILES string of the molecule is COc1cccc(CN2CCCn3cccc3C2c2cccc([N+](=O)[O-])c2)c1OC. The predicted molar refractivity (Wildman–Crippen MR) is 114 cm³/mol. The summed E-state index contributed by atoms with van der Waals surface area (Å²) in [5.41, 5.74) is 3.17. The van der Waals surface area contributed by atoms with Crippen molar-refractivity contribution < 1.29 is 14.4 Å². The molecule has 0 aliphatic carbocycles. The van der Waals surface area contributed by atoms with E-state index < -0.39 is 0 Å². The largest absolute Gasteiger partial charge is 0.493 e. The second-order valence-corrected chi connectivity index (χ2v) is 7.36. The zero-order chi connectivity index (χ0) is 21.1. The number of para-hydroxylation sites is 1. The molecular weight excluding hydrogens is 382 g/mol. The van der Waals surface area contributed by atoms with Crippen molar-refractivity contribution >= 4 is 5.69 Å². The number of hydrogen-bond acceptors (Lipinski definition) is 5. The maximum atomic E-state index is 11.4. The maximum absolute atomic E-state index is 11.4. The molecule has 1 aliphatic heterocycles. The molecule has 4 rings (SSSR count). The zero-order valence-corrected chi connectivity index (χ0v) is 17.2. The van der Waals surface area contributed by atoms with E-state index in [9.17, 15) is 10.1 Å². The fraction of sp³-hybridized carbons (Fsp3) is 0.304. The molecule has 0 spiro atoms. The second-order valence-electron chi connectivity index (χ2n) is 7.36. The number of nitrogens with zero attached hydrogens (tertiary/aromatic N) is 3. The molecule has 0 bridgehead atoms. The van der Waals surface area contributed by atoms with Crippen molar-refractivity contribution in [1.29, 1.82) is 0 Å². The highest BCUT2D eigenvalue weighted by Gasteiger charge is 2.29. The summed E-state index contributed by atoms with van der Waals surface area (Å²) in [5, 5.41) is 11.4.